The molecule has 0 spiro atoms. The molecular formula is C30H29F3N6O2S. The number of benzene rings is 1. The highest BCUT2D eigenvalue weighted by Crippen LogP contribution is 2.45. The zero-order valence-corrected chi connectivity index (χ0v) is 23.8. The van der Waals surface area contributed by atoms with Crippen LogP contribution < -0.4 is 16.1 Å². The number of likely N-dealkylation sites (N-methyl/N-ethyl adjacent to an activating group) is 1. The first kappa shape index (κ1) is 28.2. The summed E-state index contributed by atoms with van der Waals surface area (Å²) in [5.74, 6) is 0. The first-order valence-corrected chi connectivity index (χ1v) is 14.7. The minimum absolute atomic E-state index is 0.169. The number of fused-ring (bicyclic) bond motifs is 2. The van der Waals surface area contributed by atoms with Gasteiger partial charge < -0.3 is 9.80 Å². The zero-order chi connectivity index (χ0) is 29.6. The van der Waals surface area contributed by atoms with Crippen molar-refractivity contribution in [2.75, 3.05) is 31.1 Å². The average molecular weight is 595 g/mol. The maximum atomic E-state index is 13.0. The molecule has 8 nitrogen and oxygen atoms in total. The quantitative estimate of drug-likeness (QED) is 0.284. The number of rotatable bonds is 6. The topological polar surface area (TPSA) is 67.7 Å². The Bertz CT molecular complexity index is 1820. The van der Waals surface area contributed by atoms with Crippen LogP contribution in [0.15, 0.2) is 52.3 Å². The number of pyridine rings is 1. The summed E-state index contributed by atoms with van der Waals surface area (Å²) in [5.41, 5.74) is 3.71. The molecule has 1 atom stereocenters. The molecule has 0 amide bonds. The van der Waals surface area contributed by atoms with Gasteiger partial charge in [0.1, 0.15) is 6.54 Å². The first-order valence-electron chi connectivity index (χ1n) is 13.9. The van der Waals surface area contributed by atoms with Crippen LogP contribution in [0.5, 0.6) is 0 Å². The Hall–Kier alpha value is -3.95. The third kappa shape index (κ3) is 5.34. The predicted octanol–water partition coefficient (Wildman–Crippen LogP) is 5.29. The van der Waals surface area contributed by atoms with Crippen molar-refractivity contribution in [2.45, 2.75) is 51.5 Å². The van der Waals surface area contributed by atoms with Crippen LogP contribution in [-0.4, -0.2) is 57.4 Å². The third-order valence-corrected chi connectivity index (χ3v) is 9.27. The van der Waals surface area contributed by atoms with E-state index in [0.29, 0.717) is 26.7 Å². The standard InChI is InChI=1S/C30H29F3N6O2S/c1-3-36-11-7-21(16-36)38-10-4-5-19-13-20(34-2)14-24(27(19)38)23-6-9-35-25-15-22(42-28(23)25)17-39-26(40)8-12-37(29(39)41)18-30(31,32)33/h6,8-9,12-15,21H,3-5,7,10-11,16-18H2,1H3/t21-/m0/s1. The van der Waals surface area contributed by atoms with Crippen LogP contribution in [-0.2, 0) is 19.5 Å². The van der Waals surface area contributed by atoms with Gasteiger partial charge in [0.05, 0.1) is 23.3 Å². The average Bonchev–Trinajstić information content (AvgIpc) is 3.62. The van der Waals surface area contributed by atoms with Gasteiger partial charge in [-0.1, -0.05) is 13.0 Å². The first-order chi connectivity index (χ1) is 20.1. The van der Waals surface area contributed by atoms with Crippen LogP contribution in [0, 0.1) is 6.57 Å². The van der Waals surface area contributed by atoms with Gasteiger partial charge in [-0.2, -0.15) is 13.2 Å². The van der Waals surface area contributed by atoms with E-state index in [9.17, 15) is 22.8 Å². The van der Waals surface area contributed by atoms with E-state index in [1.807, 2.05) is 18.2 Å². The van der Waals surface area contributed by atoms with Crippen molar-refractivity contribution >= 4 is 32.9 Å². The maximum Gasteiger partial charge on any atom is 0.406 e. The molecule has 2 aliphatic heterocycles. The molecule has 1 saturated heterocycles. The molecule has 1 fully saturated rings. The van der Waals surface area contributed by atoms with E-state index >= 15 is 0 Å². The van der Waals surface area contributed by atoms with Crippen LogP contribution in [0.4, 0.5) is 24.5 Å². The van der Waals surface area contributed by atoms with Gasteiger partial charge in [0, 0.05) is 60.3 Å². The van der Waals surface area contributed by atoms with E-state index in [0.717, 1.165) is 89.3 Å². The second kappa shape index (κ2) is 11.0. The molecule has 4 aromatic rings. The van der Waals surface area contributed by atoms with Gasteiger partial charge in [-0.3, -0.25) is 18.9 Å². The van der Waals surface area contributed by atoms with Crippen LogP contribution >= 0.6 is 11.3 Å². The molecule has 0 aliphatic carbocycles. The number of thiophene rings is 1. The van der Waals surface area contributed by atoms with Crippen molar-refractivity contribution in [1.29, 1.82) is 0 Å². The van der Waals surface area contributed by atoms with E-state index in [2.05, 4.69) is 26.6 Å². The molecule has 3 aromatic heterocycles. The Morgan fingerprint density at radius 1 is 1.14 bits per heavy atom. The van der Waals surface area contributed by atoms with Crippen molar-refractivity contribution < 1.29 is 13.2 Å². The number of hydrogen-bond donors (Lipinski definition) is 0. The second-order valence-corrected chi connectivity index (χ2v) is 11.9. The Balaban J connectivity index is 1.44. The number of nitrogens with zero attached hydrogens (tertiary/aromatic N) is 6. The van der Waals surface area contributed by atoms with Gasteiger partial charge in [0.25, 0.3) is 5.56 Å². The summed E-state index contributed by atoms with van der Waals surface area (Å²) in [6, 6.07) is 8.98. The maximum absolute atomic E-state index is 13.0. The predicted molar refractivity (Wildman–Crippen MR) is 158 cm³/mol. The monoisotopic (exact) mass is 594 g/mol. The number of aromatic nitrogens is 3. The van der Waals surface area contributed by atoms with Gasteiger partial charge in [-0.05, 0) is 55.1 Å². The summed E-state index contributed by atoms with van der Waals surface area (Å²) in [7, 11) is 0. The highest BCUT2D eigenvalue weighted by molar-refractivity contribution is 7.19. The molecule has 0 saturated carbocycles. The number of aryl methyl sites for hydroxylation is 1. The fraction of sp³-hybridized carbons (Fsp3) is 0.400. The van der Waals surface area contributed by atoms with Gasteiger partial charge in [-0.15, -0.1) is 11.3 Å². The van der Waals surface area contributed by atoms with Gasteiger partial charge in [-0.25, -0.2) is 9.64 Å². The fourth-order valence-electron chi connectivity index (χ4n) is 6.20. The van der Waals surface area contributed by atoms with E-state index in [1.54, 1.807) is 12.3 Å². The Morgan fingerprint density at radius 3 is 2.71 bits per heavy atom. The van der Waals surface area contributed by atoms with Crippen LogP contribution in [0.2, 0.25) is 0 Å². The molecule has 42 heavy (non-hydrogen) atoms. The smallest absolute Gasteiger partial charge is 0.367 e. The molecule has 2 aliphatic rings. The fourth-order valence-corrected chi connectivity index (χ4v) is 7.33. The van der Waals surface area contributed by atoms with Crippen LogP contribution in [0.25, 0.3) is 26.2 Å². The van der Waals surface area contributed by atoms with E-state index in [4.69, 9.17) is 6.57 Å². The normalized spacial score (nSPS) is 17.5. The van der Waals surface area contributed by atoms with E-state index < -0.39 is 24.0 Å². The van der Waals surface area contributed by atoms with E-state index in [1.165, 1.54) is 11.3 Å². The molecule has 6 rings (SSSR count). The summed E-state index contributed by atoms with van der Waals surface area (Å²) in [4.78, 5) is 39.2. The van der Waals surface area contributed by atoms with Gasteiger partial charge >= 0.3 is 11.9 Å². The lowest BCUT2D eigenvalue weighted by molar-refractivity contribution is -0.141. The molecule has 0 radical (unpaired) electrons. The van der Waals surface area contributed by atoms with Crippen LogP contribution in [0.1, 0.15) is 30.2 Å². The van der Waals surface area contributed by atoms with Crippen molar-refractivity contribution in [1.82, 2.24) is 19.0 Å². The van der Waals surface area contributed by atoms with E-state index in [-0.39, 0.29) is 6.54 Å². The minimum atomic E-state index is -4.59. The second-order valence-electron chi connectivity index (χ2n) is 10.8. The van der Waals surface area contributed by atoms with Gasteiger partial charge in [0.15, 0.2) is 5.69 Å². The largest absolute Gasteiger partial charge is 0.406 e. The number of alkyl halides is 3. The number of anilines is 1. The molecular weight excluding hydrogens is 565 g/mol. The number of likely N-dealkylation sites (tertiary alicyclic amines) is 1. The molecule has 0 unspecified atom stereocenters. The summed E-state index contributed by atoms with van der Waals surface area (Å²) in [6.07, 6.45) is 0.966. The molecule has 0 bridgehead atoms. The minimum Gasteiger partial charge on any atom is -0.367 e. The number of hydrogen-bond acceptors (Lipinski definition) is 6. The third-order valence-electron chi connectivity index (χ3n) is 8.13. The number of halogens is 3. The molecule has 5 heterocycles. The SMILES string of the molecule is [C-]#[N+]c1cc2c(c(-c3ccnc4cc(Cn5c(=O)ccn(CC(F)(F)F)c5=O)sc34)c1)N([C@H]1CCN(CC)C1)CCC2. The Morgan fingerprint density at radius 2 is 1.98 bits per heavy atom. The summed E-state index contributed by atoms with van der Waals surface area (Å²) >= 11 is 1.35. The molecule has 1 aromatic carbocycles. The highest BCUT2D eigenvalue weighted by Gasteiger charge is 2.32. The molecule has 0 N–H and O–H groups in total. The van der Waals surface area contributed by atoms with Crippen molar-refractivity contribution in [3.05, 3.63) is 85.4 Å². The Labute approximate surface area is 244 Å². The lowest BCUT2D eigenvalue weighted by atomic mass is 9.92. The summed E-state index contributed by atoms with van der Waals surface area (Å²) < 4.78 is 41.1. The zero-order valence-electron chi connectivity index (χ0n) is 23.0. The lowest BCUT2D eigenvalue weighted by Crippen LogP contribution is -2.41. The highest BCUT2D eigenvalue weighted by atomic mass is 32.1. The van der Waals surface area contributed by atoms with Crippen molar-refractivity contribution in [3.63, 3.8) is 0 Å². The molecule has 218 valence electrons. The Kier molecular flexibility index (Phi) is 7.41. The molecule has 12 heteroatoms. The van der Waals surface area contributed by atoms with Crippen molar-refractivity contribution in [3.8, 4) is 11.1 Å². The van der Waals surface area contributed by atoms with Crippen LogP contribution in [0.3, 0.4) is 0 Å². The lowest BCUT2D eigenvalue weighted by Gasteiger charge is -2.38. The summed E-state index contributed by atoms with van der Waals surface area (Å²) in [6.45, 7) is 12.3. The summed E-state index contributed by atoms with van der Waals surface area (Å²) in [5, 5.41) is 0. The van der Waals surface area contributed by atoms with Gasteiger partial charge in [0.2, 0.25) is 0 Å². The van der Waals surface area contributed by atoms with Crippen molar-refractivity contribution in [2.24, 2.45) is 0 Å².